The molecule has 2 rings (SSSR count). The van der Waals surface area contributed by atoms with E-state index in [-0.39, 0.29) is 0 Å². The average molecular weight is 198 g/mol. The van der Waals surface area contributed by atoms with E-state index in [1.54, 1.807) is 0 Å². The van der Waals surface area contributed by atoms with Gasteiger partial charge in [-0.2, -0.15) is 0 Å². The standard InChI is InChI=1S/C8H14N4O2/c1-3-13-7(5-9-1)11-12-8-6-10-2-4-14-8/h9-10H,1-6H2/b11-7-,12-8+. The molecule has 0 radical (unpaired) electrons. The van der Waals surface area contributed by atoms with Crippen molar-refractivity contribution in [1.29, 1.82) is 0 Å². The van der Waals surface area contributed by atoms with Gasteiger partial charge in [-0.3, -0.25) is 0 Å². The maximum Gasteiger partial charge on any atom is 0.222 e. The van der Waals surface area contributed by atoms with Crippen molar-refractivity contribution in [2.45, 2.75) is 0 Å². The van der Waals surface area contributed by atoms with Crippen LogP contribution in [0.1, 0.15) is 0 Å². The summed E-state index contributed by atoms with van der Waals surface area (Å²) in [5.74, 6) is 1.25. The molecule has 6 nitrogen and oxygen atoms in total. The lowest BCUT2D eigenvalue weighted by molar-refractivity contribution is 0.263. The second-order valence-corrected chi connectivity index (χ2v) is 3.04. The lowest BCUT2D eigenvalue weighted by atomic mass is 10.5. The Bertz CT molecular complexity index is 210. The summed E-state index contributed by atoms with van der Waals surface area (Å²) in [6, 6.07) is 0. The van der Waals surface area contributed by atoms with Gasteiger partial charge in [-0.05, 0) is 0 Å². The van der Waals surface area contributed by atoms with Crippen molar-refractivity contribution >= 4 is 11.8 Å². The summed E-state index contributed by atoms with van der Waals surface area (Å²) in [6.07, 6.45) is 0. The van der Waals surface area contributed by atoms with Crippen LogP contribution in [0.4, 0.5) is 0 Å². The van der Waals surface area contributed by atoms with Gasteiger partial charge in [0.2, 0.25) is 11.8 Å². The van der Waals surface area contributed by atoms with Gasteiger partial charge in [-0.1, -0.05) is 0 Å². The molecule has 0 bridgehead atoms. The average Bonchev–Trinajstić information content (AvgIpc) is 2.29. The monoisotopic (exact) mass is 198 g/mol. The maximum atomic E-state index is 5.27. The smallest absolute Gasteiger partial charge is 0.222 e. The van der Waals surface area contributed by atoms with E-state index < -0.39 is 0 Å². The summed E-state index contributed by atoms with van der Waals surface area (Å²) in [5.41, 5.74) is 0. The Morgan fingerprint density at radius 2 is 1.36 bits per heavy atom. The molecule has 0 saturated carbocycles. The van der Waals surface area contributed by atoms with E-state index in [1.165, 1.54) is 0 Å². The molecular formula is C8H14N4O2. The van der Waals surface area contributed by atoms with E-state index >= 15 is 0 Å². The minimum Gasteiger partial charge on any atom is -0.477 e. The molecule has 78 valence electrons. The minimum absolute atomic E-state index is 0.623. The highest BCUT2D eigenvalue weighted by atomic mass is 16.5. The zero-order valence-corrected chi connectivity index (χ0v) is 7.95. The van der Waals surface area contributed by atoms with Gasteiger partial charge in [0.25, 0.3) is 0 Å². The number of nitrogens with zero attached hydrogens (tertiary/aromatic N) is 2. The molecule has 0 aliphatic carbocycles. The zero-order chi connectivity index (χ0) is 9.64. The summed E-state index contributed by atoms with van der Waals surface area (Å²) < 4.78 is 10.5. The number of nitrogens with one attached hydrogen (secondary N) is 2. The first-order chi connectivity index (χ1) is 6.95. The van der Waals surface area contributed by atoms with Gasteiger partial charge >= 0.3 is 0 Å². The Balaban J connectivity index is 1.88. The number of hydrogen-bond acceptors (Lipinski definition) is 6. The normalized spacial score (nSPS) is 28.6. The van der Waals surface area contributed by atoms with E-state index in [4.69, 9.17) is 9.47 Å². The fourth-order valence-corrected chi connectivity index (χ4v) is 1.21. The Hall–Kier alpha value is -1.14. The van der Waals surface area contributed by atoms with Gasteiger partial charge in [-0.15, -0.1) is 10.2 Å². The van der Waals surface area contributed by atoms with Gasteiger partial charge < -0.3 is 20.1 Å². The van der Waals surface area contributed by atoms with Crippen molar-refractivity contribution in [3.63, 3.8) is 0 Å². The number of rotatable bonds is 1. The van der Waals surface area contributed by atoms with Crippen molar-refractivity contribution in [1.82, 2.24) is 10.6 Å². The first-order valence-electron chi connectivity index (χ1n) is 4.75. The van der Waals surface area contributed by atoms with E-state index in [0.717, 1.165) is 13.1 Å². The van der Waals surface area contributed by atoms with E-state index in [2.05, 4.69) is 20.8 Å². The van der Waals surface area contributed by atoms with E-state index in [0.29, 0.717) is 38.1 Å². The Morgan fingerprint density at radius 1 is 0.857 bits per heavy atom. The molecule has 2 aliphatic heterocycles. The van der Waals surface area contributed by atoms with Crippen LogP contribution in [0.5, 0.6) is 0 Å². The van der Waals surface area contributed by atoms with E-state index in [1.807, 2.05) is 0 Å². The second kappa shape index (κ2) is 4.92. The van der Waals surface area contributed by atoms with Gasteiger partial charge in [0.15, 0.2) is 0 Å². The van der Waals surface area contributed by atoms with Gasteiger partial charge in [0.05, 0.1) is 13.1 Å². The molecule has 2 N–H and O–H groups in total. The van der Waals surface area contributed by atoms with Crippen molar-refractivity contribution in [3.8, 4) is 0 Å². The third-order valence-corrected chi connectivity index (χ3v) is 1.92. The molecule has 0 unspecified atom stereocenters. The first kappa shape index (κ1) is 9.42. The van der Waals surface area contributed by atoms with Crippen molar-refractivity contribution in [2.24, 2.45) is 10.2 Å². The summed E-state index contributed by atoms with van der Waals surface area (Å²) >= 11 is 0. The quantitative estimate of drug-likeness (QED) is 0.527. The molecule has 0 aromatic heterocycles. The molecule has 0 aromatic carbocycles. The van der Waals surface area contributed by atoms with Crippen LogP contribution in [0.15, 0.2) is 10.2 Å². The van der Waals surface area contributed by atoms with Crippen molar-refractivity contribution in [2.75, 3.05) is 39.4 Å². The Kier molecular flexibility index (Phi) is 3.31. The molecule has 0 atom stereocenters. The molecule has 2 fully saturated rings. The van der Waals surface area contributed by atoms with Gasteiger partial charge in [0, 0.05) is 13.1 Å². The fourth-order valence-electron chi connectivity index (χ4n) is 1.21. The number of hydrogen-bond donors (Lipinski definition) is 2. The molecule has 0 aromatic rings. The van der Waals surface area contributed by atoms with Crippen molar-refractivity contribution in [3.05, 3.63) is 0 Å². The minimum atomic E-state index is 0.623. The Labute approximate surface area is 82.4 Å². The highest BCUT2D eigenvalue weighted by Crippen LogP contribution is 1.93. The van der Waals surface area contributed by atoms with Crippen LogP contribution in [0.25, 0.3) is 0 Å². The highest BCUT2D eigenvalue weighted by Gasteiger charge is 2.08. The zero-order valence-electron chi connectivity index (χ0n) is 7.95. The lowest BCUT2D eigenvalue weighted by Crippen LogP contribution is -2.36. The second-order valence-electron chi connectivity index (χ2n) is 3.04. The molecular weight excluding hydrogens is 184 g/mol. The van der Waals surface area contributed by atoms with Crippen LogP contribution in [0.2, 0.25) is 0 Å². The van der Waals surface area contributed by atoms with Crippen LogP contribution >= 0.6 is 0 Å². The van der Waals surface area contributed by atoms with Crippen LogP contribution < -0.4 is 10.6 Å². The largest absolute Gasteiger partial charge is 0.477 e. The van der Waals surface area contributed by atoms with Crippen molar-refractivity contribution < 1.29 is 9.47 Å². The SMILES string of the molecule is C1CO/C(=N\N=C2/CNCCO2)CN1. The van der Waals surface area contributed by atoms with E-state index in [9.17, 15) is 0 Å². The molecule has 0 amide bonds. The molecule has 2 aliphatic rings. The summed E-state index contributed by atoms with van der Waals surface area (Å²) in [5, 5.41) is 14.2. The summed E-state index contributed by atoms with van der Waals surface area (Å²) in [7, 11) is 0. The number of ether oxygens (including phenoxy) is 2. The highest BCUT2D eigenvalue weighted by molar-refractivity contribution is 5.82. The topological polar surface area (TPSA) is 67.2 Å². The van der Waals surface area contributed by atoms with Crippen LogP contribution in [-0.2, 0) is 9.47 Å². The third-order valence-electron chi connectivity index (χ3n) is 1.92. The predicted molar refractivity (Wildman–Crippen MR) is 52.5 cm³/mol. The Morgan fingerprint density at radius 3 is 1.71 bits per heavy atom. The maximum absolute atomic E-state index is 5.27. The predicted octanol–water partition coefficient (Wildman–Crippen LogP) is -1.06. The molecule has 2 saturated heterocycles. The van der Waals surface area contributed by atoms with Crippen LogP contribution in [0.3, 0.4) is 0 Å². The first-order valence-corrected chi connectivity index (χ1v) is 4.75. The van der Waals surface area contributed by atoms with Crippen LogP contribution in [0, 0.1) is 0 Å². The molecule has 6 heteroatoms. The third kappa shape index (κ3) is 2.68. The fraction of sp³-hybridized carbons (Fsp3) is 0.750. The summed E-state index contributed by atoms with van der Waals surface area (Å²) in [6.45, 7) is 4.33. The number of morpholine rings is 2. The summed E-state index contributed by atoms with van der Waals surface area (Å²) in [4.78, 5) is 0. The van der Waals surface area contributed by atoms with Crippen LogP contribution in [-0.4, -0.2) is 51.2 Å². The molecule has 0 spiro atoms. The van der Waals surface area contributed by atoms with Gasteiger partial charge in [0.1, 0.15) is 13.2 Å². The molecule has 14 heavy (non-hydrogen) atoms. The van der Waals surface area contributed by atoms with Gasteiger partial charge in [-0.25, -0.2) is 0 Å². The lowest BCUT2D eigenvalue weighted by Gasteiger charge is -2.16. The molecule has 2 heterocycles.